The predicted octanol–water partition coefficient (Wildman–Crippen LogP) is 0.465. The summed E-state index contributed by atoms with van der Waals surface area (Å²) in [6, 6.07) is 0. The Balaban J connectivity index is 2.38. The zero-order valence-corrected chi connectivity index (χ0v) is 9.87. The molecule has 2 N–H and O–H groups in total. The van der Waals surface area contributed by atoms with Crippen molar-refractivity contribution in [1.29, 1.82) is 0 Å². The van der Waals surface area contributed by atoms with E-state index >= 15 is 0 Å². The smallest absolute Gasteiger partial charge is 0.00188 e. The molecule has 0 aliphatic carbocycles. The van der Waals surface area contributed by atoms with Crippen LogP contribution in [0.2, 0.25) is 0 Å². The second-order valence-corrected chi connectivity index (χ2v) is 4.70. The number of nitrogens with two attached hydrogens (primary N) is 1. The lowest BCUT2D eigenvalue weighted by Crippen LogP contribution is -2.34. The normalized spacial score (nSPS) is 25.9. The molecule has 0 aromatic rings. The molecule has 0 bridgehead atoms. The standard InChI is InChI=1S/C11H25N3/c1-4-14-6-5-10(9-14)11(7-12)8-13(2)3/h10-11H,4-9,12H2,1-3H3. The van der Waals surface area contributed by atoms with E-state index < -0.39 is 0 Å². The fraction of sp³-hybridized carbons (Fsp3) is 1.00. The average molecular weight is 199 g/mol. The topological polar surface area (TPSA) is 32.5 Å². The van der Waals surface area contributed by atoms with Crippen molar-refractivity contribution < 1.29 is 0 Å². The predicted molar refractivity (Wildman–Crippen MR) is 61.3 cm³/mol. The molecular weight excluding hydrogens is 174 g/mol. The summed E-state index contributed by atoms with van der Waals surface area (Å²) in [6.45, 7) is 7.93. The minimum atomic E-state index is 0.682. The van der Waals surface area contributed by atoms with Crippen molar-refractivity contribution in [2.75, 3.05) is 46.8 Å². The highest BCUT2D eigenvalue weighted by Gasteiger charge is 2.27. The fourth-order valence-corrected chi connectivity index (χ4v) is 2.42. The lowest BCUT2D eigenvalue weighted by Gasteiger charge is -2.25. The Kier molecular flexibility index (Phi) is 4.85. The summed E-state index contributed by atoms with van der Waals surface area (Å²) >= 11 is 0. The van der Waals surface area contributed by atoms with Crippen LogP contribution in [0.1, 0.15) is 13.3 Å². The second kappa shape index (κ2) is 5.69. The van der Waals surface area contributed by atoms with Crippen molar-refractivity contribution in [3.8, 4) is 0 Å². The summed E-state index contributed by atoms with van der Waals surface area (Å²) < 4.78 is 0. The molecule has 0 saturated carbocycles. The molecule has 1 rings (SSSR count). The fourth-order valence-electron chi connectivity index (χ4n) is 2.42. The van der Waals surface area contributed by atoms with Gasteiger partial charge in [-0.25, -0.2) is 0 Å². The minimum absolute atomic E-state index is 0.682. The Bertz CT molecular complexity index is 159. The highest BCUT2D eigenvalue weighted by molar-refractivity contribution is 4.82. The quantitative estimate of drug-likeness (QED) is 0.698. The molecule has 84 valence electrons. The van der Waals surface area contributed by atoms with Crippen molar-refractivity contribution >= 4 is 0 Å². The highest BCUT2D eigenvalue weighted by Crippen LogP contribution is 2.23. The van der Waals surface area contributed by atoms with Gasteiger partial charge in [0.15, 0.2) is 0 Å². The summed E-state index contributed by atoms with van der Waals surface area (Å²) in [4.78, 5) is 4.79. The molecule has 0 spiro atoms. The maximum absolute atomic E-state index is 5.84. The number of nitrogens with zero attached hydrogens (tertiary/aromatic N) is 2. The van der Waals surface area contributed by atoms with Crippen molar-refractivity contribution in [2.24, 2.45) is 17.6 Å². The number of likely N-dealkylation sites (tertiary alicyclic amines) is 1. The molecule has 3 nitrogen and oxygen atoms in total. The molecule has 1 aliphatic rings. The number of hydrogen-bond acceptors (Lipinski definition) is 3. The summed E-state index contributed by atoms with van der Waals surface area (Å²) in [5.41, 5.74) is 5.84. The van der Waals surface area contributed by atoms with Crippen molar-refractivity contribution in [3.05, 3.63) is 0 Å². The lowest BCUT2D eigenvalue weighted by molar-refractivity contribution is 0.243. The molecule has 2 atom stereocenters. The van der Waals surface area contributed by atoms with Crippen LogP contribution in [0.3, 0.4) is 0 Å². The average Bonchev–Trinajstić information content (AvgIpc) is 2.62. The van der Waals surface area contributed by atoms with Gasteiger partial charge >= 0.3 is 0 Å². The van der Waals surface area contributed by atoms with E-state index in [9.17, 15) is 0 Å². The first-order valence-electron chi connectivity index (χ1n) is 5.74. The number of hydrogen-bond donors (Lipinski definition) is 1. The van der Waals surface area contributed by atoms with E-state index in [1.54, 1.807) is 0 Å². The van der Waals surface area contributed by atoms with Gasteiger partial charge in [0.05, 0.1) is 0 Å². The Morgan fingerprint density at radius 1 is 1.50 bits per heavy atom. The van der Waals surface area contributed by atoms with E-state index in [2.05, 4.69) is 30.8 Å². The van der Waals surface area contributed by atoms with E-state index in [0.717, 1.165) is 19.0 Å². The van der Waals surface area contributed by atoms with E-state index in [0.29, 0.717) is 5.92 Å². The van der Waals surface area contributed by atoms with Crippen LogP contribution in [0.15, 0.2) is 0 Å². The molecular formula is C11H25N3. The van der Waals surface area contributed by atoms with Gasteiger partial charge in [-0.3, -0.25) is 0 Å². The van der Waals surface area contributed by atoms with Crippen LogP contribution in [0.5, 0.6) is 0 Å². The maximum atomic E-state index is 5.84. The van der Waals surface area contributed by atoms with Gasteiger partial charge in [0.2, 0.25) is 0 Å². The van der Waals surface area contributed by atoms with Crippen LogP contribution in [-0.4, -0.2) is 56.6 Å². The van der Waals surface area contributed by atoms with Crippen molar-refractivity contribution in [1.82, 2.24) is 9.80 Å². The third kappa shape index (κ3) is 3.23. The van der Waals surface area contributed by atoms with E-state index in [-0.39, 0.29) is 0 Å². The lowest BCUT2D eigenvalue weighted by atomic mass is 9.91. The molecule has 2 unspecified atom stereocenters. The van der Waals surface area contributed by atoms with Gasteiger partial charge in [-0.2, -0.15) is 0 Å². The van der Waals surface area contributed by atoms with E-state index in [4.69, 9.17) is 5.73 Å². The van der Waals surface area contributed by atoms with Gasteiger partial charge in [-0.15, -0.1) is 0 Å². The Morgan fingerprint density at radius 2 is 2.21 bits per heavy atom. The highest BCUT2D eigenvalue weighted by atomic mass is 15.1. The van der Waals surface area contributed by atoms with Crippen LogP contribution in [0.4, 0.5) is 0 Å². The van der Waals surface area contributed by atoms with Gasteiger partial charge in [0, 0.05) is 13.1 Å². The van der Waals surface area contributed by atoms with Crippen LogP contribution in [0, 0.1) is 11.8 Å². The van der Waals surface area contributed by atoms with Gasteiger partial charge in [-0.05, 0) is 52.0 Å². The molecule has 0 aromatic heterocycles. The van der Waals surface area contributed by atoms with Gasteiger partial charge in [-0.1, -0.05) is 6.92 Å². The second-order valence-electron chi connectivity index (χ2n) is 4.70. The first kappa shape index (κ1) is 12.0. The maximum Gasteiger partial charge on any atom is 0.00188 e. The van der Waals surface area contributed by atoms with Crippen LogP contribution in [0.25, 0.3) is 0 Å². The minimum Gasteiger partial charge on any atom is -0.330 e. The molecule has 1 fully saturated rings. The Morgan fingerprint density at radius 3 is 2.64 bits per heavy atom. The molecule has 0 radical (unpaired) electrons. The summed E-state index contributed by atoms with van der Waals surface area (Å²) in [5.74, 6) is 1.50. The van der Waals surface area contributed by atoms with Gasteiger partial charge in [0.25, 0.3) is 0 Å². The first-order valence-corrected chi connectivity index (χ1v) is 5.74. The monoisotopic (exact) mass is 199 g/mol. The molecule has 14 heavy (non-hydrogen) atoms. The summed E-state index contributed by atoms with van der Waals surface area (Å²) in [5, 5.41) is 0. The van der Waals surface area contributed by atoms with Crippen LogP contribution in [-0.2, 0) is 0 Å². The van der Waals surface area contributed by atoms with E-state index in [1.807, 2.05) is 0 Å². The first-order chi connectivity index (χ1) is 6.67. The number of rotatable bonds is 5. The zero-order valence-electron chi connectivity index (χ0n) is 9.87. The van der Waals surface area contributed by atoms with Crippen LogP contribution < -0.4 is 5.73 Å². The summed E-state index contributed by atoms with van der Waals surface area (Å²) in [7, 11) is 4.27. The molecule has 3 heteroatoms. The largest absolute Gasteiger partial charge is 0.330 e. The zero-order chi connectivity index (χ0) is 10.6. The molecule has 1 aliphatic heterocycles. The van der Waals surface area contributed by atoms with Gasteiger partial charge < -0.3 is 15.5 Å². The SMILES string of the molecule is CCN1CCC(C(CN)CN(C)C)C1. The third-order valence-corrected chi connectivity index (χ3v) is 3.33. The van der Waals surface area contributed by atoms with Crippen molar-refractivity contribution in [2.45, 2.75) is 13.3 Å². The summed E-state index contributed by atoms with van der Waals surface area (Å²) in [6.07, 6.45) is 1.34. The molecule has 0 aromatic carbocycles. The molecule has 0 amide bonds. The Hall–Kier alpha value is -0.120. The van der Waals surface area contributed by atoms with Crippen molar-refractivity contribution in [3.63, 3.8) is 0 Å². The third-order valence-electron chi connectivity index (χ3n) is 3.33. The van der Waals surface area contributed by atoms with E-state index in [1.165, 1.54) is 26.1 Å². The van der Waals surface area contributed by atoms with Crippen LogP contribution >= 0.6 is 0 Å². The Labute approximate surface area is 88.2 Å². The molecule has 1 heterocycles. The van der Waals surface area contributed by atoms with Gasteiger partial charge in [0.1, 0.15) is 0 Å². The molecule has 1 saturated heterocycles.